The van der Waals surface area contributed by atoms with E-state index in [2.05, 4.69) is 15.9 Å². The Morgan fingerprint density at radius 1 is 1.53 bits per heavy atom. The Hall–Kier alpha value is -0.870. The lowest BCUT2D eigenvalue weighted by molar-refractivity contribution is 0.0984. The number of carbonyl (C=O) groups excluding carboxylic acids is 1. The highest BCUT2D eigenvalue weighted by Crippen LogP contribution is 2.33. The maximum atomic E-state index is 11.7. The summed E-state index contributed by atoms with van der Waals surface area (Å²) in [5.41, 5.74) is 7.33. The van der Waals surface area contributed by atoms with Crippen molar-refractivity contribution in [3.63, 3.8) is 0 Å². The number of aromatic hydroxyl groups is 1. The van der Waals surface area contributed by atoms with Crippen LogP contribution in [-0.4, -0.2) is 17.4 Å². The van der Waals surface area contributed by atoms with Gasteiger partial charge in [-0.2, -0.15) is 0 Å². The third-order valence-corrected chi connectivity index (χ3v) is 3.35. The van der Waals surface area contributed by atoms with Crippen LogP contribution in [0.1, 0.15) is 27.9 Å². The van der Waals surface area contributed by atoms with Crippen LogP contribution in [0.5, 0.6) is 5.75 Å². The lowest BCUT2D eigenvalue weighted by Crippen LogP contribution is -2.10. The average Bonchev–Trinajstić information content (AvgIpc) is 2.20. The van der Waals surface area contributed by atoms with Gasteiger partial charge in [0, 0.05) is 17.5 Å². The van der Waals surface area contributed by atoms with E-state index in [-0.39, 0.29) is 11.5 Å². The predicted octanol–water partition coefficient (Wildman–Crippen LogP) is 2.30. The van der Waals surface area contributed by atoms with Crippen molar-refractivity contribution in [3.05, 3.63) is 27.2 Å². The lowest BCUT2D eigenvalue weighted by Gasteiger charge is -2.10. The van der Waals surface area contributed by atoms with Crippen LogP contribution in [0.25, 0.3) is 0 Å². The molecular weight excluding hydrogens is 258 g/mol. The number of ketones is 1. The van der Waals surface area contributed by atoms with E-state index in [1.807, 2.05) is 6.92 Å². The molecule has 0 saturated carbocycles. The molecule has 0 aromatic heterocycles. The second-order valence-electron chi connectivity index (χ2n) is 3.49. The van der Waals surface area contributed by atoms with Crippen molar-refractivity contribution in [2.75, 3.05) is 6.54 Å². The molecule has 0 amide bonds. The number of carbonyl (C=O) groups is 1. The molecule has 3 nitrogen and oxygen atoms in total. The number of Topliss-reactive ketones (excluding diaryl/α,β-unsaturated/α-hetero) is 1. The standard InChI is InChI=1S/C11H14BrNO2/c1-6-5-8(9(14)3-4-13)7(2)11(15)10(6)12/h5,15H,3-4,13H2,1-2H3. The Morgan fingerprint density at radius 2 is 2.13 bits per heavy atom. The number of aryl methyl sites for hydroxylation is 1. The minimum absolute atomic E-state index is 0.0269. The van der Waals surface area contributed by atoms with E-state index in [9.17, 15) is 9.90 Å². The van der Waals surface area contributed by atoms with Gasteiger partial charge in [0.1, 0.15) is 5.75 Å². The highest BCUT2D eigenvalue weighted by Gasteiger charge is 2.15. The number of nitrogens with two attached hydrogens (primary N) is 1. The Kier molecular flexibility index (Phi) is 3.88. The van der Waals surface area contributed by atoms with Gasteiger partial charge in [-0.15, -0.1) is 0 Å². The first-order valence-electron chi connectivity index (χ1n) is 4.71. The molecule has 0 bridgehead atoms. The van der Waals surface area contributed by atoms with Gasteiger partial charge in [-0.1, -0.05) is 0 Å². The summed E-state index contributed by atoms with van der Waals surface area (Å²) in [6.07, 6.45) is 0.307. The van der Waals surface area contributed by atoms with Crippen molar-refractivity contribution in [2.24, 2.45) is 5.73 Å². The van der Waals surface area contributed by atoms with Gasteiger partial charge in [0.2, 0.25) is 0 Å². The average molecular weight is 272 g/mol. The third-order valence-electron chi connectivity index (χ3n) is 2.35. The predicted molar refractivity (Wildman–Crippen MR) is 63.3 cm³/mol. The zero-order valence-corrected chi connectivity index (χ0v) is 10.4. The summed E-state index contributed by atoms with van der Waals surface area (Å²) >= 11 is 3.27. The van der Waals surface area contributed by atoms with Crippen LogP contribution in [0.3, 0.4) is 0 Å². The molecule has 0 radical (unpaired) electrons. The molecule has 0 saturated heterocycles. The molecule has 0 atom stereocenters. The van der Waals surface area contributed by atoms with Crippen LogP contribution < -0.4 is 5.73 Å². The molecule has 0 aliphatic heterocycles. The van der Waals surface area contributed by atoms with E-state index in [4.69, 9.17) is 5.73 Å². The second-order valence-corrected chi connectivity index (χ2v) is 4.28. The smallest absolute Gasteiger partial charge is 0.164 e. The highest BCUT2D eigenvalue weighted by atomic mass is 79.9. The van der Waals surface area contributed by atoms with Gasteiger partial charge in [0.05, 0.1) is 4.47 Å². The summed E-state index contributed by atoms with van der Waals surface area (Å²) < 4.78 is 0.643. The number of phenols is 1. The molecule has 1 aromatic carbocycles. The molecule has 3 N–H and O–H groups in total. The normalized spacial score (nSPS) is 10.4. The van der Waals surface area contributed by atoms with Crippen LogP contribution in [0, 0.1) is 13.8 Å². The molecule has 0 aliphatic rings. The Balaban J connectivity index is 3.26. The number of hydrogen-bond donors (Lipinski definition) is 2. The summed E-state index contributed by atoms with van der Waals surface area (Å²) in [7, 11) is 0. The molecule has 4 heteroatoms. The zero-order chi connectivity index (χ0) is 11.6. The summed E-state index contributed by atoms with van der Waals surface area (Å²) in [4.78, 5) is 11.7. The monoisotopic (exact) mass is 271 g/mol. The van der Waals surface area contributed by atoms with Crippen LogP contribution in [-0.2, 0) is 0 Å². The van der Waals surface area contributed by atoms with Crippen molar-refractivity contribution in [3.8, 4) is 5.75 Å². The van der Waals surface area contributed by atoms with Gasteiger partial charge in [0.15, 0.2) is 5.78 Å². The summed E-state index contributed by atoms with van der Waals surface area (Å²) in [5.74, 6) is 0.108. The summed E-state index contributed by atoms with van der Waals surface area (Å²) in [5, 5.41) is 9.75. The molecule has 0 heterocycles. The van der Waals surface area contributed by atoms with Crippen LogP contribution in [0.2, 0.25) is 0 Å². The van der Waals surface area contributed by atoms with E-state index in [0.29, 0.717) is 28.6 Å². The lowest BCUT2D eigenvalue weighted by atomic mass is 9.99. The topological polar surface area (TPSA) is 63.3 Å². The van der Waals surface area contributed by atoms with Gasteiger partial charge < -0.3 is 10.8 Å². The van der Waals surface area contributed by atoms with Gasteiger partial charge in [-0.05, 0) is 48.0 Å². The highest BCUT2D eigenvalue weighted by molar-refractivity contribution is 9.10. The van der Waals surface area contributed by atoms with Gasteiger partial charge in [-0.3, -0.25) is 4.79 Å². The zero-order valence-electron chi connectivity index (χ0n) is 8.80. The minimum atomic E-state index is -0.0269. The summed E-state index contributed by atoms with van der Waals surface area (Å²) in [6, 6.07) is 1.77. The molecule has 0 fully saturated rings. The minimum Gasteiger partial charge on any atom is -0.506 e. The van der Waals surface area contributed by atoms with Crippen molar-refractivity contribution in [2.45, 2.75) is 20.3 Å². The summed E-state index contributed by atoms with van der Waals surface area (Å²) in [6.45, 7) is 3.89. The fourth-order valence-corrected chi connectivity index (χ4v) is 1.83. The van der Waals surface area contributed by atoms with Gasteiger partial charge in [-0.25, -0.2) is 0 Å². The molecule has 82 valence electrons. The van der Waals surface area contributed by atoms with Crippen molar-refractivity contribution < 1.29 is 9.90 Å². The fraction of sp³-hybridized carbons (Fsp3) is 0.364. The molecule has 0 aliphatic carbocycles. The maximum Gasteiger partial charge on any atom is 0.164 e. The van der Waals surface area contributed by atoms with Gasteiger partial charge >= 0.3 is 0 Å². The maximum absolute atomic E-state index is 11.7. The van der Waals surface area contributed by atoms with E-state index in [0.717, 1.165) is 5.56 Å². The van der Waals surface area contributed by atoms with Crippen molar-refractivity contribution in [1.82, 2.24) is 0 Å². The SMILES string of the molecule is Cc1cc(C(=O)CCN)c(C)c(O)c1Br. The van der Waals surface area contributed by atoms with Crippen LogP contribution >= 0.6 is 15.9 Å². The van der Waals surface area contributed by atoms with Crippen LogP contribution in [0.15, 0.2) is 10.5 Å². The van der Waals surface area contributed by atoms with E-state index >= 15 is 0 Å². The number of hydrogen-bond acceptors (Lipinski definition) is 3. The van der Waals surface area contributed by atoms with Crippen molar-refractivity contribution in [1.29, 1.82) is 0 Å². The van der Waals surface area contributed by atoms with E-state index in [1.165, 1.54) is 0 Å². The van der Waals surface area contributed by atoms with E-state index in [1.54, 1.807) is 13.0 Å². The number of benzene rings is 1. The first kappa shape index (κ1) is 12.2. The first-order chi connectivity index (χ1) is 6.99. The van der Waals surface area contributed by atoms with Gasteiger partial charge in [0.25, 0.3) is 0 Å². The molecule has 0 unspecified atom stereocenters. The largest absolute Gasteiger partial charge is 0.506 e. The molecule has 1 aromatic rings. The third kappa shape index (κ3) is 2.38. The van der Waals surface area contributed by atoms with E-state index < -0.39 is 0 Å². The Labute approximate surface area is 97.4 Å². The number of phenolic OH excluding ortho intramolecular Hbond substituents is 1. The quantitative estimate of drug-likeness (QED) is 0.830. The molecule has 1 rings (SSSR count). The number of halogens is 1. The molecular formula is C11H14BrNO2. The van der Waals surface area contributed by atoms with Crippen molar-refractivity contribution >= 4 is 21.7 Å². The van der Waals surface area contributed by atoms with Crippen LogP contribution in [0.4, 0.5) is 0 Å². The Bertz CT molecular complexity index is 402. The second kappa shape index (κ2) is 4.77. The number of rotatable bonds is 3. The first-order valence-corrected chi connectivity index (χ1v) is 5.50. The molecule has 15 heavy (non-hydrogen) atoms. The fourth-order valence-electron chi connectivity index (χ4n) is 1.42. The Morgan fingerprint density at radius 3 is 2.67 bits per heavy atom. The molecule has 0 spiro atoms.